The van der Waals surface area contributed by atoms with Crippen LogP contribution in [0.4, 0.5) is 0 Å². The molecule has 0 spiro atoms. The smallest absolute Gasteiger partial charge is 0.243 e. The van der Waals surface area contributed by atoms with Gasteiger partial charge in [-0.25, -0.2) is 13.1 Å². The normalized spacial score (nSPS) is 12.0. The van der Waals surface area contributed by atoms with E-state index in [2.05, 4.69) is 10.0 Å². The van der Waals surface area contributed by atoms with E-state index in [-0.39, 0.29) is 29.7 Å². The van der Waals surface area contributed by atoms with Crippen LogP contribution in [0.3, 0.4) is 0 Å². The summed E-state index contributed by atoms with van der Waals surface area (Å²) in [5, 5.41) is 3.01. The minimum atomic E-state index is -3.56. The van der Waals surface area contributed by atoms with Crippen LogP contribution < -0.4 is 14.8 Å². The molecule has 0 bridgehead atoms. The Hall–Kier alpha value is -3.73. The van der Waals surface area contributed by atoms with Crippen molar-refractivity contribution in [2.24, 2.45) is 0 Å². The fraction of sp³-hybridized carbons (Fsp3) is 0.394. The summed E-state index contributed by atoms with van der Waals surface area (Å²) in [4.78, 5) is 29.4. The lowest BCUT2D eigenvalue weighted by atomic mass is 10.0. The highest BCUT2D eigenvalue weighted by Crippen LogP contribution is 2.19. The van der Waals surface area contributed by atoms with Crippen molar-refractivity contribution < 1.29 is 27.5 Å². The summed E-state index contributed by atoms with van der Waals surface area (Å²) in [5.41, 5.74) is 2.64. The molecular weight excluding hydrogens is 566 g/mol. The molecule has 2 N–H and O–H groups in total. The van der Waals surface area contributed by atoms with Crippen LogP contribution in [-0.2, 0) is 43.7 Å². The molecule has 0 radical (unpaired) electrons. The van der Waals surface area contributed by atoms with E-state index >= 15 is 0 Å². The molecule has 43 heavy (non-hydrogen) atoms. The van der Waals surface area contributed by atoms with E-state index in [0.29, 0.717) is 51.3 Å². The zero-order chi connectivity index (χ0) is 31.1. The number of sulfonamides is 1. The largest absolute Gasteiger partial charge is 0.497 e. The fourth-order valence-corrected chi connectivity index (χ4v) is 5.67. The number of benzene rings is 3. The summed E-state index contributed by atoms with van der Waals surface area (Å²) < 4.78 is 37.8. The van der Waals surface area contributed by atoms with Gasteiger partial charge in [0.2, 0.25) is 21.8 Å². The van der Waals surface area contributed by atoms with Gasteiger partial charge in [-0.1, -0.05) is 61.5 Å². The number of carbonyl (C=O) groups is 2. The van der Waals surface area contributed by atoms with Crippen molar-refractivity contribution in [1.29, 1.82) is 0 Å². The Bertz CT molecular complexity index is 1380. The molecule has 2 amide bonds. The maximum Gasteiger partial charge on any atom is 0.243 e. The van der Waals surface area contributed by atoms with Crippen LogP contribution in [0.5, 0.6) is 5.75 Å². The lowest BCUT2D eigenvalue weighted by molar-refractivity contribution is -0.141. The van der Waals surface area contributed by atoms with Gasteiger partial charge in [0.25, 0.3) is 0 Å². The van der Waals surface area contributed by atoms with Crippen LogP contribution in [0.25, 0.3) is 0 Å². The van der Waals surface area contributed by atoms with Gasteiger partial charge in [-0.3, -0.25) is 9.59 Å². The summed E-state index contributed by atoms with van der Waals surface area (Å²) in [6, 6.07) is 22.9. The predicted molar refractivity (Wildman–Crippen MR) is 167 cm³/mol. The number of carbonyl (C=O) groups excluding carboxylic acids is 2. The standard InChI is InChI=1S/C33H43N3O6S/c1-4-35-43(39,40)30-19-14-26(15-20-30)16-21-32(37)36(25-28-12-17-29(41-3)18-13-28)31(24-27-10-7-6-8-11-27)33(38)34-22-9-23-42-5-2/h6-8,10-15,17-20,31,35H,4-5,9,16,21-25H2,1-3H3,(H,34,38). The van der Waals surface area contributed by atoms with E-state index < -0.39 is 16.1 Å². The van der Waals surface area contributed by atoms with Gasteiger partial charge in [0.1, 0.15) is 11.8 Å². The minimum Gasteiger partial charge on any atom is -0.497 e. The molecule has 3 aromatic rings. The third-order valence-corrected chi connectivity index (χ3v) is 8.51. The Morgan fingerprint density at radius 3 is 2.19 bits per heavy atom. The number of nitrogens with one attached hydrogen (secondary N) is 2. The van der Waals surface area contributed by atoms with E-state index in [1.54, 1.807) is 43.2 Å². The molecule has 0 aliphatic carbocycles. The first-order valence-corrected chi connectivity index (χ1v) is 16.2. The van der Waals surface area contributed by atoms with E-state index in [4.69, 9.17) is 9.47 Å². The van der Waals surface area contributed by atoms with Crippen molar-refractivity contribution in [1.82, 2.24) is 14.9 Å². The van der Waals surface area contributed by atoms with Crippen molar-refractivity contribution in [3.05, 3.63) is 95.6 Å². The first kappa shape index (κ1) is 33.8. The Labute approximate surface area is 255 Å². The van der Waals surface area contributed by atoms with Gasteiger partial charge in [0.05, 0.1) is 12.0 Å². The SMILES string of the molecule is CCNS(=O)(=O)c1ccc(CCC(=O)N(Cc2ccc(OC)cc2)C(Cc2ccccc2)C(=O)NCCCOCC)cc1. The molecule has 10 heteroatoms. The first-order valence-electron chi connectivity index (χ1n) is 14.7. The molecule has 9 nitrogen and oxygen atoms in total. The molecule has 0 saturated heterocycles. The van der Waals surface area contributed by atoms with Gasteiger partial charge in [0, 0.05) is 45.7 Å². The van der Waals surface area contributed by atoms with Gasteiger partial charge in [-0.2, -0.15) is 0 Å². The lowest BCUT2D eigenvalue weighted by Gasteiger charge is -2.32. The Morgan fingerprint density at radius 2 is 1.56 bits per heavy atom. The quantitative estimate of drug-likeness (QED) is 0.210. The fourth-order valence-electron chi connectivity index (χ4n) is 4.63. The van der Waals surface area contributed by atoms with Crippen LogP contribution in [0, 0.1) is 0 Å². The number of ether oxygens (including phenoxy) is 2. The summed E-state index contributed by atoms with van der Waals surface area (Å²) in [5.74, 6) is 0.305. The van der Waals surface area contributed by atoms with Crippen molar-refractivity contribution >= 4 is 21.8 Å². The second kappa shape index (κ2) is 17.4. The van der Waals surface area contributed by atoms with Crippen molar-refractivity contribution in [3.63, 3.8) is 0 Å². The van der Waals surface area contributed by atoms with Crippen LogP contribution in [0.2, 0.25) is 0 Å². The van der Waals surface area contributed by atoms with Gasteiger partial charge >= 0.3 is 0 Å². The number of methoxy groups -OCH3 is 1. The van der Waals surface area contributed by atoms with Gasteiger partial charge < -0.3 is 19.7 Å². The predicted octanol–water partition coefficient (Wildman–Crippen LogP) is 4.11. The van der Waals surface area contributed by atoms with E-state index in [1.807, 2.05) is 61.5 Å². The van der Waals surface area contributed by atoms with Crippen LogP contribution >= 0.6 is 0 Å². The number of hydrogen-bond donors (Lipinski definition) is 2. The van der Waals surface area contributed by atoms with Gasteiger partial charge in [-0.15, -0.1) is 0 Å². The second-order valence-corrected chi connectivity index (χ2v) is 11.8. The average molecular weight is 610 g/mol. The molecule has 0 aliphatic heterocycles. The summed E-state index contributed by atoms with van der Waals surface area (Å²) >= 11 is 0. The number of aryl methyl sites for hydroxylation is 1. The molecule has 0 fully saturated rings. The van der Waals surface area contributed by atoms with Gasteiger partial charge in [-0.05, 0) is 60.7 Å². The maximum atomic E-state index is 13.9. The average Bonchev–Trinajstić information content (AvgIpc) is 3.02. The maximum absolute atomic E-state index is 13.9. The monoisotopic (exact) mass is 609 g/mol. The molecule has 3 rings (SSSR count). The Balaban J connectivity index is 1.84. The Kier molecular flexibility index (Phi) is 13.7. The molecule has 1 atom stereocenters. The van der Waals surface area contributed by atoms with E-state index in [1.165, 1.54) is 0 Å². The number of nitrogens with zero attached hydrogens (tertiary/aromatic N) is 1. The van der Waals surface area contributed by atoms with Crippen LogP contribution in [0.1, 0.15) is 43.4 Å². The molecule has 0 heterocycles. The number of hydrogen-bond acceptors (Lipinski definition) is 6. The molecule has 232 valence electrons. The Morgan fingerprint density at radius 1 is 0.884 bits per heavy atom. The first-order chi connectivity index (χ1) is 20.8. The zero-order valence-electron chi connectivity index (χ0n) is 25.3. The van der Waals surface area contributed by atoms with Crippen LogP contribution in [0.15, 0.2) is 83.8 Å². The third kappa shape index (κ3) is 10.8. The molecule has 0 aromatic heterocycles. The molecule has 0 saturated carbocycles. The minimum absolute atomic E-state index is 0.151. The highest BCUT2D eigenvalue weighted by molar-refractivity contribution is 7.89. The lowest BCUT2D eigenvalue weighted by Crippen LogP contribution is -2.50. The van der Waals surface area contributed by atoms with E-state index in [9.17, 15) is 18.0 Å². The summed E-state index contributed by atoms with van der Waals surface area (Å²) in [6.45, 7) is 5.79. The second-order valence-electron chi connectivity index (χ2n) is 10.1. The highest BCUT2D eigenvalue weighted by atomic mass is 32.2. The van der Waals surface area contributed by atoms with Crippen molar-refractivity contribution in [3.8, 4) is 5.75 Å². The number of rotatable bonds is 18. The van der Waals surface area contributed by atoms with Crippen molar-refractivity contribution in [2.45, 2.75) is 57.0 Å². The highest BCUT2D eigenvalue weighted by Gasteiger charge is 2.30. The third-order valence-electron chi connectivity index (χ3n) is 6.95. The topological polar surface area (TPSA) is 114 Å². The van der Waals surface area contributed by atoms with Crippen LogP contribution in [-0.4, -0.2) is 64.6 Å². The summed E-state index contributed by atoms with van der Waals surface area (Å²) in [7, 11) is -1.97. The molecule has 3 aromatic carbocycles. The van der Waals surface area contributed by atoms with Crippen molar-refractivity contribution in [2.75, 3.05) is 33.4 Å². The molecule has 0 aliphatic rings. The zero-order valence-corrected chi connectivity index (χ0v) is 26.1. The van der Waals surface area contributed by atoms with E-state index in [0.717, 1.165) is 16.7 Å². The van der Waals surface area contributed by atoms with Gasteiger partial charge in [0.15, 0.2) is 0 Å². The summed E-state index contributed by atoms with van der Waals surface area (Å²) in [6.07, 6.45) is 1.58. The molecular formula is C33H43N3O6S. The molecule has 1 unspecified atom stereocenters. The number of amides is 2.